The van der Waals surface area contributed by atoms with Crippen LogP contribution in [0.5, 0.6) is 0 Å². The van der Waals surface area contributed by atoms with Gasteiger partial charge in [-0.15, -0.1) is 11.3 Å². The number of carbonyl (C=O) groups excluding carboxylic acids is 1. The van der Waals surface area contributed by atoms with Gasteiger partial charge in [-0.05, 0) is 42.0 Å². The predicted molar refractivity (Wildman–Crippen MR) is 81.3 cm³/mol. The van der Waals surface area contributed by atoms with E-state index in [1.165, 1.54) is 10.4 Å². The van der Waals surface area contributed by atoms with Gasteiger partial charge in [0.25, 0.3) is 5.91 Å². The second-order valence-electron chi connectivity index (χ2n) is 4.82. The summed E-state index contributed by atoms with van der Waals surface area (Å²) in [7, 11) is 0. The molecule has 20 heavy (non-hydrogen) atoms. The highest BCUT2D eigenvalue weighted by atomic mass is 35.5. The fraction of sp³-hybridized carbons (Fsp3) is 0.333. The van der Waals surface area contributed by atoms with Crippen molar-refractivity contribution in [3.05, 3.63) is 50.9 Å². The zero-order chi connectivity index (χ0) is 14.1. The molecule has 0 saturated carbocycles. The molecule has 1 aliphatic rings. The van der Waals surface area contributed by atoms with E-state index in [1.54, 1.807) is 29.5 Å². The summed E-state index contributed by atoms with van der Waals surface area (Å²) in [5.74, 6) is -0.0313. The van der Waals surface area contributed by atoms with Crippen LogP contribution >= 0.6 is 22.9 Å². The third-order valence-electron chi connectivity index (χ3n) is 3.68. The first kappa shape index (κ1) is 13.6. The molecule has 1 atom stereocenters. The summed E-state index contributed by atoms with van der Waals surface area (Å²) < 4.78 is 0. The topological polar surface area (TPSA) is 33.2 Å². The van der Waals surface area contributed by atoms with Gasteiger partial charge < -0.3 is 4.90 Å². The van der Waals surface area contributed by atoms with Crippen LogP contribution in [-0.2, 0) is 6.42 Å². The average Bonchev–Trinajstić information content (AvgIpc) is 2.93. The van der Waals surface area contributed by atoms with Gasteiger partial charge in [-0.25, -0.2) is 4.98 Å². The summed E-state index contributed by atoms with van der Waals surface area (Å²) in [4.78, 5) is 20.1. The molecule has 2 aromatic rings. The highest BCUT2D eigenvalue weighted by Gasteiger charge is 2.31. The van der Waals surface area contributed by atoms with Crippen LogP contribution in [0.25, 0.3) is 0 Å². The van der Waals surface area contributed by atoms with Crippen LogP contribution in [0.2, 0.25) is 5.15 Å². The lowest BCUT2D eigenvalue weighted by Gasteiger charge is -2.35. The molecule has 0 fully saturated rings. The Balaban J connectivity index is 1.92. The third-order valence-corrected chi connectivity index (χ3v) is 4.88. The van der Waals surface area contributed by atoms with Crippen molar-refractivity contribution in [2.45, 2.75) is 25.8 Å². The minimum Gasteiger partial charge on any atom is -0.330 e. The molecular weight excluding hydrogens is 292 g/mol. The number of amides is 1. The first-order chi connectivity index (χ1) is 9.70. The number of thiophene rings is 1. The maximum Gasteiger partial charge on any atom is 0.273 e. The third kappa shape index (κ3) is 2.34. The summed E-state index contributed by atoms with van der Waals surface area (Å²) in [6.45, 7) is 2.86. The molecule has 0 aliphatic carbocycles. The van der Waals surface area contributed by atoms with E-state index in [0.717, 1.165) is 19.4 Å². The highest BCUT2D eigenvalue weighted by Crippen LogP contribution is 2.35. The van der Waals surface area contributed by atoms with Crippen molar-refractivity contribution in [2.75, 3.05) is 6.54 Å². The second kappa shape index (κ2) is 5.54. The molecule has 3 rings (SSSR count). The van der Waals surface area contributed by atoms with Crippen LogP contribution in [0.4, 0.5) is 0 Å². The Morgan fingerprint density at radius 3 is 3.10 bits per heavy atom. The summed E-state index contributed by atoms with van der Waals surface area (Å²) in [5, 5.41) is 2.47. The number of hydrogen-bond acceptors (Lipinski definition) is 3. The number of aromatic nitrogens is 1. The molecule has 0 spiro atoms. The molecule has 2 aromatic heterocycles. The highest BCUT2D eigenvalue weighted by molar-refractivity contribution is 7.10. The van der Waals surface area contributed by atoms with E-state index in [1.807, 2.05) is 4.90 Å². The fourth-order valence-corrected chi connectivity index (χ4v) is 3.85. The van der Waals surface area contributed by atoms with Crippen LogP contribution in [0.1, 0.15) is 40.3 Å². The number of fused-ring (bicyclic) bond motifs is 1. The lowest BCUT2D eigenvalue weighted by atomic mass is 9.97. The molecule has 1 unspecified atom stereocenters. The maximum atomic E-state index is 12.7. The van der Waals surface area contributed by atoms with Crippen LogP contribution < -0.4 is 0 Å². The van der Waals surface area contributed by atoms with Gasteiger partial charge in [-0.1, -0.05) is 24.6 Å². The van der Waals surface area contributed by atoms with Crippen LogP contribution in [0, 0.1) is 0 Å². The Labute approximate surface area is 127 Å². The Morgan fingerprint density at radius 2 is 2.35 bits per heavy atom. The average molecular weight is 307 g/mol. The molecule has 0 radical (unpaired) electrons. The normalized spacial score (nSPS) is 17.9. The van der Waals surface area contributed by atoms with Gasteiger partial charge in [0.1, 0.15) is 10.8 Å². The number of hydrogen-bond donors (Lipinski definition) is 0. The lowest BCUT2D eigenvalue weighted by Crippen LogP contribution is -2.39. The summed E-state index contributed by atoms with van der Waals surface area (Å²) in [6.07, 6.45) is 1.84. The van der Waals surface area contributed by atoms with Crippen molar-refractivity contribution in [3.63, 3.8) is 0 Å². The fourth-order valence-electron chi connectivity index (χ4n) is 2.75. The van der Waals surface area contributed by atoms with Crippen molar-refractivity contribution >= 4 is 28.8 Å². The molecule has 3 nitrogen and oxygen atoms in total. The SMILES string of the molecule is CCC1c2ccsc2CCN1C(=O)c1cccc(Cl)n1. The summed E-state index contributed by atoms with van der Waals surface area (Å²) in [6, 6.07) is 7.47. The van der Waals surface area contributed by atoms with Gasteiger partial charge in [-0.2, -0.15) is 0 Å². The summed E-state index contributed by atoms with van der Waals surface area (Å²) >= 11 is 7.66. The van der Waals surface area contributed by atoms with E-state index in [-0.39, 0.29) is 11.9 Å². The number of halogens is 1. The number of rotatable bonds is 2. The minimum atomic E-state index is -0.0313. The van der Waals surface area contributed by atoms with Gasteiger partial charge >= 0.3 is 0 Å². The summed E-state index contributed by atoms with van der Waals surface area (Å²) in [5.41, 5.74) is 1.72. The van der Waals surface area contributed by atoms with Crippen LogP contribution in [0.15, 0.2) is 29.6 Å². The molecule has 1 aliphatic heterocycles. The van der Waals surface area contributed by atoms with Crippen LogP contribution in [-0.4, -0.2) is 22.3 Å². The first-order valence-corrected chi connectivity index (χ1v) is 7.96. The molecule has 0 bridgehead atoms. The molecule has 0 aromatic carbocycles. The van der Waals surface area contributed by atoms with E-state index in [0.29, 0.717) is 10.8 Å². The van der Waals surface area contributed by atoms with E-state index < -0.39 is 0 Å². The lowest BCUT2D eigenvalue weighted by molar-refractivity contribution is 0.0651. The quantitative estimate of drug-likeness (QED) is 0.787. The standard InChI is InChI=1S/C15H15ClN2OS/c1-2-12-10-7-9-20-13(10)6-8-18(12)15(19)11-4-3-5-14(16)17-11/h3-5,7,9,12H,2,6,8H2,1H3. The van der Waals surface area contributed by atoms with Gasteiger partial charge in [0.2, 0.25) is 0 Å². The number of nitrogens with zero attached hydrogens (tertiary/aromatic N) is 2. The van der Waals surface area contributed by atoms with Crippen molar-refractivity contribution in [3.8, 4) is 0 Å². The van der Waals surface area contributed by atoms with Gasteiger partial charge in [-0.3, -0.25) is 4.79 Å². The zero-order valence-corrected chi connectivity index (χ0v) is 12.7. The van der Waals surface area contributed by atoms with Gasteiger partial charge in [0.05, 0.1) is 6.04 Å². The Hall–Kier alpha value is -1.39. The number of carbonyl (C=O) groups is 1. The van der Waals surface area contributed by atoms with E-state index in [4.69, 9.17) is 11.6 Å². The molecule has 0 saturated heterocycles. The van der Waals surface area contributed by atoms with E-state index >= 15 is 0 Å². The van der Waals surface area contributed by atoms with Crippen molar-refractivity contribution < 1.29 is 4.79 Å². The monoisotopic (exact) mass is 306 g/mol. The molecular formula is C15H15ClN2OS. The molecule has 0 N–H and O–H groups in total. The Morgan fingerprint density at radius 1 is 1.50 bits per heavy atom. The van der Waals surface area contributed by atoms with Crippen molar-refractivity contribution in [2.24, 2.45) is 0 Å². The van der Waals surface area contributed by atoms with E-state index in [2.05, 4.69) is 23.4 Å². The number of pyridine rings is 1. The molecule has 104 valence electrons. The maximum absolute atomic E-state index is 12.7. The Bertz CT molecular complexity index is 640. The van der Waals surface area contributed by atoms with Gasteiger partial charge in [0, 0.05) is 11.4 Å². The first-order valence-electron chi connectivity index (χ1n) is 6.70. The largest absolute Gasteiger partial charge is 0.330 e. The predicted octanol–water partition coefficient (Wildman–Crippen LogP) is 3.95. The molecule has 3 heterocycles. The molecule has 1 amide bonds. The Kier molecular flexibility index (Phi) is 3.76. The van der Waals surface area contributed by atoms with Gasteiger partial charge in [0.15, 0.2) is 0 Å². The molecule has 5 heteroatoms. The van der Waals surface area contributed by atoms with Crippen molar-refractivity contribution in [1.29, 1.82) is 0 Å². The zero-order valence-electron chi connectivity index (χ0n) is 11.2. The van der Waals surface area contributed by atoms with E-state index in [9.17, 15) is 4.79 Å². The van der Waals surface area contributed by atoms with Crippen molar-refractivity contribution in [1.82, 2.24) is 9.88 Å². The minimum absolute atomic E-state index is 0.0313. The van der Waals surface area contributed by atoms with Crippen LogP contribution in [0.3, 0.4) is 0 Å². The second-order valence-corrected chi connectivity index (χ2v) is 6.21. The smallest absolute Gasteiger partial charge is 0.273 e.